The first-order valence-corrected chi connectivity index (χ1v) is 12.6. The normalized spacial score (nSPS) is 29.2. The molecule has 2 aliphatic rings. The van der Waals surface area contributed by atoms with Crippen molar-refractivity contribution in [1.29, 1.82) is 0 Å². The minimum absolute atomic E-state index is 0.301. The van der Waals surface area contributed by atoms with Gasteiger partial charge in [0.15, 0.2) is 6.29 Å². The van der Waals surface area contributed by atoms with E-state index >= 15 is 0 Å². The summed E-state index contributed by atoms with van der Waals surface area (Å²) < 4.78 is 43.2. The molecule has 7 nitrogen and oxygen atoms in total. The second-order valence-corrected chi connectivity index (χ2v) is 9.33. The molecular weight excluding hydrogens is 472 g/mol. The van der Waals surface area contributed by atoms with Crippen LogP contribution in [0.1, 0.15) is 23.6 Å². The summed E-state index contributed by atoms with van der Waals surface area (Å²) in [6.45, 7) is 3.28. The standard InChI is InChI=1S/C30H34O7/c1-30(31-2)36-28-27(34-20-24-16-10-5-11-17-24)26(33-19-23-14-8-4-9-15-23)25(35-29(28)37-30)21-32-18-22-12-6-3-7-13-22/h3-17,25-29H,18-21H2,1-2H3/t25-,26-,27+,28+,29+,30?/m0/s1. The summed E-state index contributed by atoms with van der Waals surface area (Å²) in [7, 11) is 1.54. The molecule has 5 rings (SSSR count). The van der Waals surface area contributed by atoms with Crippen LogP contribution in [-0.2, 0) is 53.0 Å². The smallest absolute Gasteiger partial charge is 0.282 e. The molecule has 0 bridgehead atoms. The fraction of sp³-hybridized carbons (Fsp3) is 0.400. The Balaban J connectivity index is 1.36. The summed E-state index contributed by atoms with van der Waals surface area (Å²) in [5.74, 6) is -1.24. The van der Waals surface area contributed by atoms with E-state index in [2.05, 4.69) is 0 Å². The highest BCUT2D eigenvalue weighted by molar-refractivity contribution is 5.15. The Labute approximate surface area is 218 Å². The third kappa shape index (κ3) is 6.64. The summed E-state index contributed by atoms with van der Waals surface area (Å²) in [6, 6.07) is 30.1. The van der Waals surface area contributed by atoms with E-state index < -0.39 is 36.7 Å². The predicted octanol–water partition coefficient (Wildman–Crippen LogP) is 4.83. The van der Waals surface area contributed by atoms with Crippen LogP contribution in [0.3, 0.4) is 0 Å². The largest absolute Gasteiger partial charge is 0.374 e. The van der Waals surface area contributed by atoms with Gasteiger partial charge in [0.05, 0.1) is 26.4 Å². The maximum Gasteiger partial charge on any atom is 0.282 e. The van der Waals surface area contributed by atoms with Crippen molar-refractivity contribution in [2.45, 2.75) is 63.4 Å². The van der Waals surface area contributed by atoms with E-state index in [0.29, 0.717) is 26.4 Å². The second kappa shape index (κ2) is 12.3. The summed E-state index contributed by atoms with van der Waals surface area (Å²) >= 11 is 0. The first-order valence-electron chi connectivity index (χ1n) is 12.6. The van der Waals surface area contributed by atoms with Gasteiger partial charge in [-0.2, -0.15) is 0 Å². The first kappa shape index (κ1) is 26.0. The van der Waals surface area contributed by atoms with Crippen molar-refractivity contribution in [1.82, 2.24) is 0 Å². The Morgan fingerprint density at radius 3 is 1.73 bits per heavy atom. The van der Waals surface area contributed by atoms with Gasteiger partial charge in [0.1, 0.15) is 24.4 Å². The van der Waals surface area contributed by atoms with Crippen LogP contribution in [0.4, 0.5) is 0 Å². The fourth-order valence-electron chi connectivity index (χ4n) is 4.61. The van der Waals surface area contributed by atoms with E-state index in [9.17, 15) is 0 Å². The SMILES string of the molecule is COC1(C)O[C@H]2O[C@@H](COCc3ccccc3)[C@H](OCc3ccccc3)[C@@H](OCc3ccccc3)[C@H]2O1. The highest BCUT2D eigenvalue weighted by Gasteiger charge is 2.57. The molecule has 1 unspecified atom stereocenters. The van der Waals surface area contributed by atoms with Gasteiger partial charge in [-0.15, -0.1) is 0 Å². The number of ether oxygens (including phenoxy) is 7. The quantitative estimate of drug-likeness (QED) is 0.369. The molecule has 3 aromatic rings. The molecule has 0 N–H and O–H groups in total. The van der Waals surface area contributed by atoms with Crippen LogP contribution in [0.2, 0.25) is 0 Å². The lowest BCUT2D eigenvalue weighted by molar-refractivity contribution is -0.334. The molecule has 0 radical (unpaired) electrons. The van der Waals surface area contributed by atoms with Crippen molar-refractivity contribution in [3.05, 3.63) is 108 Å². The first-order chi connectivity index (χ1) is 18.1. The van der Waals surface area contributed by atoms with Crippen LogP contribution in [0, 0.1) is 0 Å². The number of fused-ring (bicyclic) bond motifs is 1. The zero-order valence-corrected chi connectivity index (χ0v) is 21.2. The zero-order chi connectivity index (χ0) is 25.5. The Morgan fingerprint density at radius 1 is 0.676 bits per heavy atom. The molecule has 196 valence electrons. The Bertz CT molecular complexity index is 1080. The van der Waals surface area contributed by atoms with Gasteiger partial charge in [-0.1, -0.05) is 91.0 Å². The molecule has 2 saturated heterocycles. The molecule has 0 spiro atoms. The number of benzene rings is 3. The fourth-order valence-corrected chi connectivity index (χ4v) is 4.61. The molecule has 0 aromatic heterocycles. The summed E-state index contributed by atoms with van der Waals surface area (Å²) in [5.41, 5.74) is 3.19. The van der Waals surface area contributed by atoms with Gasteiger partial charge >= 0.3 is 0 Å². The van der Waals surface area contributed by atoms with Crippen molar-refractivity contribution in [2.24, 2.45) is 0 Å². The lowest BCUT2D eigenvalue weighted by Gasteiger charge is -2.42. The number of hydrogen-bond acceptors (Lipinski definition) is 7. The van der Waals surface area contributed by atoms with Crippen LogP contribution in [0.5, 0.6) is 0 Å². The Hall–Kier alpha value is -2.62. The van der Waals surface area contributed by atoms with Gasteiger partial charge in [-0.25, -0.2) is 0 Å². The van der Waals surface area contributed by atoms with Gasteiger partial charge in [-0.3, -0.25) is 4.74 Å². The van der Waals surface area contributed by atoms with E-state index in [1.165, 1.54) is 0 Å². The van der Waals surface area contributed by atoms with Crippen molar-refractivity contribution in [3.8, 4) is 0 Å². The van der Waals surface area contributed by atoms with Gasteiger partial charge in [0, 0.05) is 14.0 Å². The van der Waals surface area contributed by atoms with Gasteiger partial charge in [-0.05, 0) is 16.7 Å². The summed E-state index contributed by atoms with van der Waals surface area (Å²) in [4.78, 5) is 0. The third-order valence-corrected chi connectivity index (χ3v) is 6.61. The molecule has 37 heavy (non-hydrogen) atoms. The summed E-state index contributed by atoms with van der Waals surface area (Å²) in [5, 5.41) is 0. The summed E-state index contributed by atoms with van der Waals surface area (Å²) in [6.07, 6.45) is -2.63. The van der Waals surface area contributed by atoms with E-state index in [1.807, 2.05) is 91.0 Å². The predicted molar refractivity (Wildman–Crippen MR) is 136 cm³/mol. The second-order valence-electron chi connectivity index (χ2n) is 9.33. The van der Waals surface area contributed by atoms with E-state index in [1.54, 1.807) is 14.0 Å². The highest BCUT2D eigenvalue weighted by Crippen LogP contribution is 2.39. The highest BCUT2D eigenvalue weighted by atomic mass is 16.9. The van der Waals surface area contributed by atoms with E-state index in [0.717, 1.165) is 16.7 Å². The lowest BCUT2D eigenvalue weighted by Crippen LogP contribution is -2.59. The van der Waals surface area contributed by atoms with Gasteiger partial charge in [0.25, 0.3) is 5.97 Å². The Kier molecular flexibility index (Phi) is 8.63. The molecule has 0 amide bonds. The molecule has 2 aliphatic heterocycles. The molecule has 2 fully saturated rings. The van der Waals surface area contributed by atoms with Crippen LogP contribution < -0.4 is 0 Å². The molecule has 6 atom stereocenters. The zero-order valence-electron chi connectivity index (χ0n) is 21.2. The molecule has 0 aliphatic carbocycles. The minimum atomic E-state index is -1.24. The average Bonchev–Trinajstić information content (AvgIpc) is 3.29. The van der Waals surface area contributed by atoms with Crippen LogP contribution in [0.15, 0.2) is 91.0 Å². The van der Waals surface area contributed by atoms with E-state index in [4.69, 9.17) is 33.2 Å². The molecule has 2 heterocycles. The van der Waals surface area contributed by atoms with Crippen molar-refractivity contribution in [3.63, 3.8) is 0 Å². The maximum absolute atomic E-state index is 6.50. The topological polar surface area (TPSA) is 64.6 Å². The number of methoxy groups -OCH3 is 1. The Morgan fingerprint density at radius 2 is 1.19 bits per heavy atom. The molecule has 0 saturated carbocycles. The molecule has 3 aromatic carbocycles. The number of rotatable bonds is 11. The minimum Gasteiger partial charge on any atom is -0.374 e. The third-order valence-electron chi connectivity index (χ3n) is 6.61. The van der Waals surface area contributed by atoms with Gasteiger partial charge < -0.3 is 28.4 Å². The van der Waals surface area contributed by atoms with Crippen molar-refractivity contribution in [2.75, 3.05) is 13.7 Å². The van der Waals surface area contributed by atoms with E-state index in [-0.39, 0.29) is 0 Å². The van der Waals surface area contributed by atoms with Crippen molar-refractivity contribution >= 4 is 0 Å². The van der Waals surface area contributed by atoms with Gasteiger partial charge in [0.2, 0.25) is 0 Å². The van der Waals surface area contributed by atoms with Crippen LogP contribution in [-0.4, -0.2) is 50.4 Å². The lowest BCUT2D eigenvalue weighted by atomic mass is 9.98. The maximum atomic E-state index is 6.50. The van der Waals surface area contributed by atoms with Crippen LogP contribution >= 0.6 is 0 Å². The number of hydrogen-bond donors (Lipinski definition) is 0. The van der Waals surface area contributed by atoms with Crippen molar-refractivity contribution < 1.29 is 33.2 Å². The molecule has 7 heteroatoms. The van der Waals surface area contributed by atoms with Crippen LogP contribution in [0.25, 0.3) is 0 Å². The average molecular weight is 507 g/mol. The molecular formula is C30H34O7. The monoisotopic (exact) mass is 506 g/mol.